The van der Waals surface area contributed by atoms with Crippen molar-refractivity contribution < 1.29 is 0 Å². The number of para-hydroxylation sites is 1. The fourth-order valence-corrected chi connectivity index (χ4v) is 2.32. The fourth-order valence-electron chi connectivity index (χ4n) is 2.32. The molecule has 3 aromatic rings. The van der Waals surface area contributed by atoms with E-state index in [0.29, 0.717) is 0 Å². The van der Waals surface area contributed by atoms with Crippen LogP contribution in [0.4, 0.5) is 11.5 Å². The van der Waals surface area contributed by atoms with Crippen LogP contribution in [-0.4, -0.2) is 17.0 Å². The number of benzene rings is 2. The molecular formula is C17H17N3. The van der Waals surface area contributed by atoms with Gasteiger partial charge in [-0.1, -0.05) is 29.8 Å². The molecule has 0 atom stereocenters. The lowest BCUT2D eigenvalue weighted by atomic mass is 10.2. The van der Waals surface area contributed by atoms with Crippen LogP contribution < -0.4 is 4.90 Å². The second-order valence-corrected chi connectivity index (χ2v) is 5.01. The monoisotopic (exact) mass is 263 g/mol. The first-order chi connectivity index (χ1) is 9.65. The third-order valence-corrected chi connectivity index (χ3v) is 3.43. The lowest BCUT2D eigenvalue weighted by Crippen LogP contribution is -2.12. The Kier molecular flexibility index (Phi) is 3.11. The molecule has 0 saturated carbocycles. The molecular weight excluding hydrogens is 246 g/mol. The minimum absolute atomic E-state index is 0.790. The van der Waals surface area contributed by atoms with Gasteiger partial charge in [-0.15, -0.1) is 0 Å². The SMILES string of the molecule is Cc1ccc(N(C)c2nc(C)nc3ccccc23)cc1. The number of aryl methyl sites for hydroxylation is 2. The predicted octanol–water partition coefficient (Wildman–Crippen LogP) is 4.01. The minimum atomic E-state index is 0.790. The number of aromatic nitrogens is 2. The van der Waals surface area contributed by atoms with Gasteiger partial charge in [0.15, 0.2) is 0 Å². The first-order valence-corrected chi connectivity index (χ1v) is 6.69. The third-order valence-electron chi connectivity index (χ3n) is 3.43. The molecule has 3 nitrogen and oxygen atoms in total. The van der Waals surface area contributed by atoms with Crippen LogP contribution in [0.3, 0.4) is 0 Å². The van der Waals surface area contributed by atoms with E-state index in [2.05, 4.69) is 52.1 Å². The van der Waals surface area contributed by atoms with Gasteiger partial charge in [0.1, 0.15) is 11.6 Å². The molecule has 0 radical (unpaired) electrons. The Bertz CT molecular complexity index is 748. The molecule has 0 unspecified atom stereocenters. The predicted molar refractivity (Wildman–Crippen MR) is 83.5 cm³/mol. The Morgan fingerprint density at radius 1 is 0.850 bits per heavy atom. The van der Waals surface area contributed by atoms with Crippen LogP contribution >= 0.6 is 0 Å². The number of rotatable bonds is 2. The van der Waals surface area contributed by atoms with E-state index in [1.165, 1.54) is 5.56 Å². The summed E-state index contributed by atoms with van der Waals surface area (Å²) in [5.41, 5.74) is 3.36. The molecule has 0 aliphatic rings. The Labute approximate surface area is 118 Å². The highest BCUT2D eigenvalue weighted by Gasteiger charge is 2.11. The molecule has 1 aromatic heterocycles. The maximum Gasteiger partial charge on any atom is 0.144 e. The molecule has 0 bridgehead atoms. The van der Waals surface area contributed by atoms with Crippen molar-refractivity contribution in [2.75, 3.05) is 11.9 Å². The average molecular weight is 263 g/mol. The van der Waals surface area contributed by atoms with Gasteiger partial charge in [0, 0.05) is 18.1 Å². The molecule has 0 saturated heterocycles. The van der Waals surface area contributed by atoms with Crippen LogP contribution in [0, 0.1) is 13.8 Å². The Morgan fingerprint density at radius 3 is 2.30 bits per heavy atom. The molecule has 1 heterocycles. The fraction of sp³-hybridized carbons (Fsp3) is 0.176. The van der Waals surface area contributed by atoms with Gasteiger partial charge >= 0.3 is 0 Å². The zero-order valence-electron chi connectivity index (χ0n) is 12.0. The Morgan fingerprint density at radius 2 is 1.55 bits per heavy atom. The Balaban J connectivity index is 2.15. The standard InChI is InChI=1S/C17H17N3/c1-12-8-10-14(11-9-12)20(3)17-15-6-4-5-7-16(15)18-13(2)19-17/h4-11H,1-3H3. The van der Waals surface area contributed by atoms with E-state index in [1.807, 2.05) is 32.2 Å². The lowest BCUT2D eigenvalue weighted by Gasteiger charge is -2.20. The number of fused-ring (bicyclic) bond motifs is 1. The van der Waals surface area contributed by atoms with E-state index < -0.39 is 0 Å². The molecule has 0 N–H and O–H groups in total. The van der Waals surface area contributed by atoms with E-state index in [0.717, 1.165) is 28.2 Å². The molecule has 0 aliphatic carbocycles. The van der Waals surface area contributed by atoms with E-state index in [-0.39, 0.29) is 0 Å². The molecule has 0 fully saturated rings. The van der Waals surface area contributed by atoms with E-state index in [1.54, 1.807) is 0 Å². The van der Waals surface area contributed by atoms with Crippen molar-refractivity contribution in [1.82, 2.24) is 9.97 Å². The number of hydrogen-bond acceptors (Lipinski definition) is 3. The van der Waals surface area contributed by atoms with Crippen molar-refractivity contribution in [1.29, 1.82) is 0 Å². The van der Waals surface area contributed by atoms with Crippen LogP contribution in [0.1, 0.15) is 11.4 Å². The molecule has 3 rings (SSSR count). The summed E-state index contributed by atoms with van der Waals surface area (Å²) in [6.45, 7) is 4.02. The second-order valence-electron chi connectivity index (χ2n) is 5.01. The number of anilines is 2. The molecule has 0 spiro atoms. The highest BCUT2D eigenvalue weighted by atomic mass is 15.2. The maximum atomic E-state index is 4.61. The van der Waals surface area contributed by atoms with E-state index >= 15 is 0 Å². The smallest absolute Gasteiger partial charge is 0.144 e. The van der Waals surface area contributed by atoms with Crippen molar-refractivity contribution >= 4 is 22.4 Å². The van der Waals surface area contributed by atoms with Gasteiger partial charge in [-0.3, -0.25) is 0 Å². The summed E-state index contributed by atoms with van der Waals surface area (Å²) in [7, 11) is 2.04. The average Bonchev–Trinajstić information content (AvgIpc) is 2.46. The summed E-state index contributed by atoms with van der Waals surface area (Å²) < 4.78 is 0. The third kappa shape index (κ3) is 2.23. The summed E-state index contributed by atoms with van der Waals surface area (Å²) in [5, 5.41) is 1.07. The van der Waals surface area contributed by atoms with Crippen molar-refractivity contribution in [3.05, 3.63) is 59.9 Å². The van der Waals surface area contributed by atoms with Gasteiger partial charge in [-0.05, 0) is 38.1 Å². The van der Waals surface area contributed by atoms with E-state index in [4.69, 9.17) is 0 Å². The van der Waals surface area contributed by atoms with Gasteiger partial charge in [0.25, 0.3) is 0 Å². The zero-order valence-corrected chi connectivity index (χ0v) is 12.0. The molecule has 100 valence electrons. The summed E-state index contributed by atoms with van der Waals surface area (Å²) in [6, 6.07) is 16.6. The molecule has 0 aliphatic heterocycles. The van der Waals surface area contributed by atoms with Gasteiger partial charge < -0.3 is 4.90 Å². The van der Waals surface area contributed by atoms with Crippen LogP contribution in [0.5, 0.6) is 0 Å². The normalized spacial score (nSPS) is 10.8. The van der Waals surface area contributed by atoms with Gasteiger partial charge in [0.2, 0.25) is 0 Å². The largest absolute Gasteiger partial charge is 0.329 e. The van der Waals surface area contributed by atoms with Gasteiger partial charge in [-0.25, -0.2) is 9.97 Å². The topological polar surface area (TPSA) is 29.0 Å². The van der Waals surface area contributed by atoms with Crippen LogP contribution in [0.25, 0.3) is 10.9 Å². The molecule has 2 aromatic carbocycles. The van der Waals surface area contributed by atoms with Crippen molar-refractivity contribution in [3.63, 3.8) is 0 Å². The summed E-state index contributed by atoms with van der Waals surface area (Å²) >= 11 is 0. The maximum absolute atomic E-state index is 4.61. The van der Waals surface area contributed by atoms with Crippen molar-refractivity contribution in [2.24, 2.45) is 0 Å². The number of nitrogens with zero attached hydrogens (tertiary/aromatic N) is 3. The van der Waals surface area contributed by atoms with Crippen molar-refractivity contribution in [2.45, 2.75) is 13.8 Å². The van der Waals surface area contributed by atoms with Crippen LogP contribution in [-0.2, 0) is 0 Å². The second kappa shape index (κ2) is 4.93. The Hall–Kier alpha value is -2.42. The summed E-state index contributed by atoms with van der Waals surface area (Å²) in [5.74, 6) is 1.73. The molecule has 20 heavy (non-hydrogen) atoms. The van der Waals surface area contributed by atoms with Gasteiger partial charge in [0.05, 0.1) is 5.52 Å². The first kappa shape index (κ1) is 12.6. The zero-order chi connectivity index (χ0) is 14.1. The van der Waals surface area contributed by atoms with Crippen LogP contribution in [0.15, 0.2) is 48.5 Å². The number of hydrogen-bond donors (Lipinski definition) is 0. The minimum Gasteiger partial charge on any atom is -0.329 e. The quantitative estimate of drug-likeness (QED) is 0.699. The summed E-state index contributed by atoms with van der Waals surface area (Å²) in [6.07, 6.45) is 0. The van der Waals surface area contributed by atoms with Crippen LogP contribution in [0.2, 0.25) is 0 Å². The van der Waals surface area contributed by atoms with E-state index in [9.17, 15) is 0 Å². The molecule has 0 amide bonds. The summed E-state index contributed by atoms with van der Waals surface area (Å²) in [4.78, 5) is 11.2. The highest BCUT2D eigenvalue weighted by Crippen LogP contribution is 2.28. The lowest BCUT2D eigenvalue weighted by molar-refractivity contribution is 1.04. The first-order valence-electron chi connectivity index (χ1n) is 6.69. The van der Waals surface area contributed by atoms with Crippen molar-refractivity contribution in [3.8, 4) is 0 Å². The van der Waals surface area contributed by atoms with Gasteiger partial charge in [-0.2, -0.15) is 0 Å². The molecule has 3 heteroatoms. The highest BCUT2D eigenvalue weighted by molar-refractivity contribution is 5.91.